The lowest BCUT2D eigenvalue weighted by Crippen LogP contribution is -2.41. The number of nitrogens with zero attached hydrogens (tertiary/aromatic N) is 4. The summed E-state index contributed by atoms with van der Waals surface area (Å²) < 4.78 is 1.30. The number of carboxylic acid groups (broad SMARTS) is 1. The molecule has 8 heteroatoms. The molecule has 0 saturated heterocycles. The number of nitrogen functional groups attached to an aromatic ring is 1. The summed E-state index contributed by atoms with van der Waals surface area (Å²) >= 11 is 6.02. The van der Waals surface area contributed by atoms with Crippen LogP contribution in [0, 0.1) is 0 Å². The lowest BCUT2D eigenvalue weighted by atomic mass is 9.92. The Morgan fingerprint density at radius 1 is 1.32 bits per heavy atom. The molecule has 1 atom stereocenters. The fraction of sp³-hybridized carbons (Fsp3) is 0.143. The largest absolute Gasteiger partial charge is 0.479 e. The van der Waals surface area contributed by atoms with Gasteiger partial charge in [-0.3, -0.25) is 0 Å². The highest BCUT2D eigenvalue weighted by Gasteiger charge is 2.40. The summed E-state index contributed by atoms with van der Waals surface area (Å²) in [7, 11) is 0. The molecule has 0 amide bonds. The lowest BCUT2D eigenvalue weighted by molar-refractivity contribution is -0.144. The van der Waals surface area contributed by atoms with Crippen molar-refractivity contribution in [3.63, 3.8) is 0 Å². The smallest absolute Gasteiger partial charge is 0.336 e. The quantitative estimate of drug-likeness (QED) is 0.714. The molecule has 0 radical (unpaired) electrons. The summed E-state index contributed by atoms with van der Waals surface area (Å²) in [5.41, 5.74) is 4.99. The SMILES string of the molecule is CC(C(=O)O)(c1ccccc1)n1ncc2c(Cl)nc(N)nc21. The van der Waals surface area contributed by atoms with Gasteiger partial charge in [0.05, 0.1) is 11.6 Å². The van der Waals surface area contributed by atoms with Crippen molar-refractivity contribution in [1.82, 2.24) is 19.7 Å². The Bertz CT molecular complexity index is 864. The minimum Gasteiger partial charge on any atom is -0.479 e. The summed E-state index contributed by atoms with van der Waals surface area (Å²) in [6, 6.07) is 8.77. The monoisotopic (exact) mass is 317 g/mol. The molecule has 7 nitrogen and oxygen atoms in total. The minimum atomic E-state index is -1.45. The van der Waals surface area contributed by atoms with E-state index in [0.717, 1.165) is 0 Å². The van der Waals surface area contributed by atoms with E-state index in [1.807, 2.05) is 6.07 Å². The Morgan fingerprint density at radius 2 is 2.00 bits per heavy atom. The van der Waals surface area contributed by atoms with Crippen LogP contribution in [0.25, 0.3) is 11.0 Å². The highest BCUT2D eigenvalue weighted by Crippen LogP contribution is 2.31. The van der Waals surface area contributed by atoms with Gasteiger partial charge in [0.15, 0.2) is 11.2 Å². The van der Waals surface area contributed by atoms with E-state index < -0.39 is 11.5 Å². The average Bonchev–Trinajstić information content (AvgIpc) is 2.91. The van der Waals surface area contributed by atoms with Gasteiger partial charge in [-0.1, -0.05) is 41.9 Å². The van der Waals surface area contributed by atoms with Crippen LogP contribution in [-0.2, 0) is 10.3 Å². The number of rotatable bonds is 3. The van der Waals surface area contributed by atoms with E-state index in [4.69, 9.17) is 17.3 Å². The molecule has 2 heterocycles. The molecule has 3 rings (SSSR count). The van der Waals surface area contributed by atoms with E-state index in [9.17, 15) is 9.90 Å². The molecular formula is C14H12ClN5O2. The Kier molecular flexibility index (Phi) is 3.22. The van der Waals surface area contributed by atoms with Crippen LogP contribution in [0.2, 0.25) is 5.15 Å². The molecule has 0 aliphatic rings. The number of carboxylic acids is 1. The van der Waals surface area contributed by atoms with Gasteiger partial charge in [0, 0.05) is 0 Å². The van der Waals surface area contributed by atoms with Crippen molar-refractivity contribution in [3.8, 4) is 0 Å². The summed E-state index contributed by atoms with van der Waals surface area (Å²) in [5.74, 6) is -1.11. The third-order valence-corrected chi connectivity index (χ3v) is 3.86. The van der Waals surface area contributed by atoms with Crippen LogP contribution in [0.15, 0.2) is 36.5 Å². The molecule has 0 spiro atoms. The van der Waals surface area contributed by atoms with Crippen molar-refractivity contribution in [2.45, 2.75) is 12.5 Å². The zero-order valence-electron chi connectivity index (χ0n) is 11.6. The third-order valence-electron chi connectivity index (χ3n) is 3.58. The van der Waals surface area contributed by atoms with Crippen molar-refractivity contribution >= 4 is 34.6 Å². The van der Waals surface area contributed by atoms with Crippen LogP contribution in [0.3, 0.4) is 0 Å². The normalized spacial score (nSPS) is 13.9. The number of aromatic nitrogens is 4. The van der Waals surface area contributed by atoms with E-state index in [0.29, 0.717) is 10.9 Å². The highest BCUT2D eigenvalue weighted by atomic mass is 35.5. The Balaban J connectivity index is 2.34. The van der Waals surface area contributed by atoms with Crippen LogP contribution >= 0.6 is 11.6 Å². The van der Waals surface area contributed by atoms with Gasteiger partial charge in [0.25, 0.3) is 0 Å². The maximum absolute atomic E-state index is 12.0. The standard InChI is InChI=1S/C14H12ClN5O2/c1-14(12(21)22,8-5-3-2-4-6-8)20-11-9(7-17-20)10(15)18-13(16)19-11/h2-7H,1H3,(H,21,22)(H2,16,18,19). The molecule has 112 valence electrons. The number of benzene rings is 1. The molecule has 0 aliphatic carbocycles. The predicted octanol–water partition coefficient (Wildman–Crippen LogP) is 1.91. The summed E-state index contributed by atoms with van der Waals surface area (Å²) in [5, 5.41) is 14.5. The predicted molar refractivity (Wildman–Crippen MR) is 81.6 cm³/mol. The molecule has 0 aliphatic heterocycles. The van der Waals surface area contributed by atoms with Gasteiger partial charge < -0.3 is 10.8 Å². The third kappa shape index (κ3) is 1.98. The number of carbonyl (C=O) groups is 1. The van der Waals surface area contributed by atoms with Crippen molar-refractivity contribution in [2.24, 2.45) is 0 Å². The number of hydrogen-bond donors (Lipinski definition) is 2. The second-order valence-electron chi connectivity index (χ2n) is 4.91. The molecule has 1 unspecified atom stereocenters. The first-order chi connectivity index (χ1) is 10.4. The fourth-order valence-electron chi connectivity index (χ4n) is 2.32. The average molecular weight is 318 g/mol. The molecule has 22 heavy (non-hydrogen) atoms. The van der Waals surface area contributed by atoms with Gasteiger partial charge in [-0.25, -0.2) is 14.5 Å². The van der Waals surface area contributed by atoms with Crippen LogP contribution in [-0.4, -0.2) is 30.8 Å². The van der Waals surface area contributed by atoms with E-state index in [1.165, 1.54) is 10.9 Å². The van der Waals surface area contributed by atoms with Crippen molar-refractivity contribution in [3.05, 3.63) is 47.2 Å². The molecule has 0 bridgehead atoms. The van der Waals surface area contributed by atoms with E-state index in [1.54, 1.807) is 31.2 Å². The van der Waals surface area contributed by atoms with Gasteiger partial charge in [-0.15, -0.1) is 0 Å². The number of anilines is 1. The van der Waals surface area contributed by atoms with Gasteiger partial charge in [0.1, 0.15) is 5.15 Å². The molecule has 2 aromatic heterocycles. The van der Waals surface area contributed by atoms with Crippen molar-refractivity contribution in [2.75, 3.05) is 5.73 Å². The number of hydrogen-bond acceptors (Lipinski definition) is 5. The molecule has 1 aromatic carbocycles. The molecule has 0 fully saturated rings. The summed E-state index contributed by atoms with van der Waals surface area (Å²) in [6.07, 6.45) is 1.43. The van der Waals surface area contributed by atoms with Crippen LogP contribution in [0.4, 0.5) is 5.95 Å². The minimum absolute atomic E-state index is 0.0416. The topological polar surface area (TPSA) is 107 Å². The number of aliphatic carboxylic acids is 1. The second-order valence-corrected chi connectivity index (χ2v) is 5.27. The summed E-state index contributed by atoms with van der Waals surface area (Å²) in [4.78, 5) is 19.9. The Morgan fingerprint density at radius 3 is 2.64 bits per heavy atom. The summed E-state index contributed by atoms with van der Waals surface area (Å²) in [6.45, 7) is 1.54. The maximum Gasteiger partial charge on any atom is 0.336 e. The first-order valence-corrected chi connectivity index (χ1v) is 6.78. The Labute approximate surface area is 130 Å². The first kappa shape index (κ1) is 14.3. The van der Waals surface area contributed by atoms with Gasteiger partial charge >= 0.3 is 5.97 Å². The molecule has 3 aromatic rings. The van der Waals surface area contributed by atoms with E-state index in [2.05, 4.69) is 15.1 Å². The molecule has 3 N–H and O–H groups in total. The fourth-order valence-corrected chi connectivity index (χ4v) is 2.54. The van der Waals surface area contributed by atoms with E-state index in [-0.39, 0.29) is 16.7 Å². The second kappa shape index (κ2) is 4.96. The van der Waals surface area contributed by atoms with Crippen LogP contribution < -0.4 is 5.73 Å². The van der Waals surface area contributed by atoms with Crippen LogP contribution in [0.1, 0.15) is 12.5 Å². The number of halogens is 1. The van der Waals surface area contributed by atoms with Crippen LogP contribution in [0.5, 0.6) is 0 Å². The number of fused-ring (bicyclic) bond motifs is 1. The molecular weight excluding hydrogens is 306 g/mol. The number of nitrogens with two attached hydrogens (primary N) is 1. The lowest BCUT2D eigenvalue weighted by Gasteiger charge is -2.26. The zero-order chi connectivity index (χ0) is 15.9. The maximum atomic E-state index is 12.0. The van der Waals surface area contributed by atoms with Crippen molar-refractivity contribution in [1.29, 1.82) is 0 Å². The molecule has 0 saturated carbocycles. The van der Waals surface area contributed by atoms with Gasteiger partial charge in [0.2, 0.25) is 5.95 Å². The van der Waals surface area contributed by atoms with E-state index >= 15 is 0 Å². The Hall–Kier alpha value is -2.67. The van der Waals surface area contributed by atoms with Gasteiger partial charge in [-0.2, -0.15) is 10.1 Å². The van der Waals surface area contributed by atoms with Crippen molar-refractivity contribution < 1.29 is 9.90 Å². The highest BCUT2D eigenvalue weighted by molar-refractivity contribution is 6.34. The van der Waals surface area contributed by atoms with Gasteiger partial charge in [-0.05, 0) is 12.5 Å². The zero-order valence-corrected chi connectivity index (χ0v) is 12.3. The first-order valence-electron chi connectivity index (χ1n) is 6.40.